The summed E-state index contributed by atoms with van der Waals surface area (Å²) in [6.45, 7) is 0. The molecule has 3 N–H and O–H groups in total. The van der Waals surface area contributed by atoms with Crippen molar-refractivity contribution in [1.82, 2.24) is 4.98 Å². The Bertz CT molecular complexity index is 422. The van der Waals surface area contributed by atoms with Crippen LogP contribution in [0.15, 0.2) is 18.3 Å². The van der Waals surface area contributed by atoms with Crippen molar-refractivity contribution in [3.05, 3.63) is 23.9 Å². The van der Waals surface area contributed by atoms with Gasteiger partial charge in [-0.05, 0) is 37.7 Å². The lowest BCUT2D eigenvalue weighted by molar-refractivity contribution is 0.473. The number of rotatable bonds is 4. The van der Waals surface area contributed by atoms with Gasteiger partial charge in [0.25, 0.3) is 0 Å². The molecule has 0 amide bonds. The summed E-state index contributed by atoms with van der Waals surface area (Å²) in [4.78, 5) is 4.76. The second-order valence-electron chi connectivity index (χ2n) is 4.66. The lowest BCUT2D eigenvalue weighted by Gasteiger charge is -2.29. The van der Waals surface area contributed by atoms with E-state index in [0.717, 1.165) is 16.6 Å². The van der Waals surface area contributed by atoms with E-state index in [1.54, 1.807) is 6.20 Å². The Labute approximate surface area is 118 Å². The summed E-state index contributed by atoms with van der Waals surface area (Å²) in [5.41, 5.74) is 6.51. The van der Waals surface area contributed by atoms with Gasteiger partial charge in [0, 0.05) is 23.1 Å². The van der Waals surface area contributed by atoms with Gasteiger partial charge in [0.2, 0.25) is 0 Å². The van der Waals surface area contributed by atoms with E-state index < -0.39 is 0 Å². The fraction of sp³-hybridized carbons (Fsp3) is 0.538. The largest absolute Gasteiger partial charge is 0.389 e. The maximum Gasteiger partial charge on any atom is 0.126 e. The molecule has 0 radical (unpaired) electrons. The van der Waals surface area contributed by atoms with Gasteiger partial charge in [-0.3, -0.25) is 0 Å². The Hall–Kier alpha value is -0.810. The highest BCUT2D eigenvalue weighted by Gasteiger charge is 2.21. The van der Waals surface area contributed by atoms with E-state index in [1.165, 1.54) is 25.7 Å². The first-order valence-corrected chi connectivity index (χ1v) is 7.94. The van der Waals surface area contributed by atoms with Crippen molar-refractivity contribution in [2.45, 2.75) is 37.0 Å². The highest BCUT2D eigenvalue weighted by atomic mass is 32.2. The van der Waals surface area contributed by atoms with Crippen molar-refractivity contribution in [3.8, 4) is 0 Å². The summed E-state index contributed by atoms with van der Waals surface area (Å²) >= 11 is 6.95. The minimum Gasteiger partial charge on any atom is -0.389 e. The molecule has 1 aromatic rings. The van der Waals surface area contributed by atoms with E-state index in [4.69, 9.17) is 18.0 Å². The van der Waals surface area contributed by atoms with E-state index in [2.05, 4.69) is 16.6 Å². The van der Waals surface area contributed by atoms with Crippen LogP contribution in [-0.4, -0.2) is 27.5 Å². The van der Waals surface area contributed by atoms with Crippen LogP contribution < -0.4 is 11.1 Å². The fourth-order valence-electron chi connectivity index (χ4n) is 2.36. The number of thioether (sulfide) groups is 1. The Morgan fingerprint density at radius 2 is 2.39 bits per heavy atom. The quantitative estimate of drug-likeness (QED) is 0.831. The average Bonchev–Trinajstić information content (AvgIpc) is 2.39. The Kier molecular flexibility index (Phi) is 4.83. The first-order chi connectivity index (χ1) is 8.69. The molecule has 0 saturated heterocycles. The number of hydrogen-bond acceptors (Lipinski definition) is 4. The first-order valence-electron chi connectivity index (χ1n) is 6.24. The van der Waals surface area contributed by atoms with Crippen molar-refractivity contribution in [2.24, 2.45) is 5.73 Å². The molecular formula is C13H19N3S2. The third kappa shape index (κ3) is 3.59. The molecule has 3 nitrogen and oxygen atoms in total. The SMILES string of the molecule is CSC1CCCC(Nc2cc(C(N)=S)ccn2)C1. The minimum absolute atomic E-state index is 0.422. The normalized spacial score (nSPS) is 23.6. The predicted octanol–water partition coefficient (Wildman–Crippen LogP) is 2.80. The molecule has 1 fully saturated rings. The molecule has 1 heterocycles. The molecule has 1 aromatic heterocycles. The molecule has 0 bridgehead atoms. The molecule has 2 atom stereocenters. The van der Waals surface area contributed by atoms with E-state index in [9.17, 15) is 0 Å². The zero-order valence-corrected chi connectivity index (χ0v) is 12.2. The monoisotopic (exact) mass is 281 g/mol. The summed E-state index contributed by atoms with van der Waals surface area (Å²) in [5, 5.41) is 4.27. The van der Waals surface area contributed by atoms with Gasteiger partial charge in [0.1, 0.15) is 10.8 Å². The maximum absolute atomic E-state index is 5.63. The molecule has 2 unspecified atom stereocenters. The minimum atomic E-state index is 0.422. The van der Waals surface area contributed by atoms with Crippen LogP contribution in [0.25, 0.3) is 0 Å². The van der Waals surface area contributed by atoms with E-state index >= 15 is 0 Å². The molecule has 2 rings (SSSR count). The molecule has 0 aliphatic heterocycles. The number of nitrogens with zero attached hydrogens (tertiary/aromatic N) is 1. The zero-order valence-electron chi connectivity index (χ0n) is 10.6. The van der Waals surface area contributed by atoms with Crippen LogP contribution in [0.4, 0.5) is 5.82 Å². The topological polar surface area (TPSA) is 50.9 Å². The highest BCUT2D eigenvalue weighted by molar-refractivity contribution is 7.99. The van der Waals surface area contributed by atoms with Gasteiger partial charge in [-0.2, -0.15) is 11.8 Å². The number of anilines is 1. The standard InChI is InChI=1S/C13H19N3S2/c1-18-11-4-2-3-10(8-11)16-12-7-9(13(14)17)5-6-15-12/h5-7,10-11H,2-4,8H2,1H3,(H2,14,17)(H,15,16). The van der Waals surface area contributed by atoms with E-state index in [1.807, 2.05) is 23.9 Å². The molecule has 1 aliphatic carbocycles. The maximum atomic E-state index is 5.63. The van der Waals surface area contributed by atoms with Gasteiger partial charge in [0.15, 0.2) is 0 Å². The third-order valence-electron chi connectivity index (χ3n) is 3.36. The van der Waals surface area contributed by atoms with E-state index in [0.29, 0.717) is 11.0 Å². The van der Waals surface area contributed by atoms with Gasteiger partial charge in [-0.15, -0.1) is 0 Å². The van der Waals surface area contributed by atoms with Crippen LogP contribution in [0, 0.1) is 0 Å². The molecule has 0 aromatic carbocycles. The van der Waals surface area contributed by atoms with Crippen LogP contribution in [0.1, 0.15) is 31.2 Å². The van der Waals surface area contributed by atoms with Gasteiger partial charge in [-0.25, -0.2) is 4.98 Å². The summed E-state index contributed by atoms with van der Waals surface area (Å²) < 4.78 is 0. The Morgan fingerprint density at radius 3 is 3.11 bits per heavy atom. The second kappa shape index (κ2) is 6.38. The van der Waals surface area contributed by atoms with Crippen molar-refractivity contribution < 1.29 is 0 Å². The summed E-state index contributed by atoms with van der Waals surface area (Å²) in [6.07, 6.45) is 9.00. The first kappa shape index (κ1) is 13.6. The zero-order chi connectivity index (χ0) is 13.0. The fourth-order valence-corrected chi connectivity index (χ4v) is 3.32. The number of thiocarbonyl (C=S) groups is 1. The number of aromatic nitrogens is 1. The van der Waals surface area contributed by atoms with Crippen LogP contribution in [-0.2, 0) is 0 Å². The predicted molar refractivity (Wildman–Crippen MR) is 83.3 cm³/mol. The molecule has 1 saturated carbocycles. The van der Waals surface area contributed by atoms with Crippen LogP contribution in [0.2, 0.25) is 0 Å². The summed E-state index contributed by atoms with van der Waals surface area (Å²) in [5.74, 6) is 0.882. The van der Waals surface area contributed by atoms with E-state index in [-0.39, 0.29) is 0 Å². The van der Waals surface area contributed by atoms with Gasteiger partial charge in [-0.1, -0.05) is 18.6 Å². The van der Waals surface area contributed by atoms with Crippen LogP contribution in [0.3, 0.4) is 0 Å². The lowest BCUT2D eigenvalue weighted by Crippen LogP contribution is -2.29. The smallest absolute Gasteiger partial charge is 0.126 e. The molecule has 18 heavy (non-hydrogen) atoms. The van der Waals surface area contributed by atoms with Crippen molar-refractivity contribution in [1.29, 1.82) is 0 Å². The number of nitrogens with two attached hydrogens (primary N) is 1. The molecule has 98 valence electrons. The number of nitrogens with one attached hydrogen (secondary N) is 1. The van der Waals surface area contributed by atoms with Crippen molar-refractivity contribution >= 4 is 34.8 Å². The Morgan fingerprint density at radius 1 is 1.56 bits per heavy atom. The Balaban J connectivity index is 2.00. The van der Waals surface area contributed by atoms with Gasteiger partial charge in [0.05, 0.1) is 0 Å². The molecule has 0 spiro atoms. The summed E-state index contributed by atoms with van der Waals surface area (Å²) in [6, 6.07) is 4.30. The molecular weight excluding hydrogens is 262 g/mol. The molecule has 5 heteroatoms. The lowest BCUT2D eigenvalue weighted by atomic mass is 9.95. The summed E-state index contributed by atoms with van der Waals surface area (Å²) in [7, 11) is 0. The second-order valence-corrected chi connectivity index (χ2v) is 6.24. The number of hydrogen-bond donors (Lipinski definition) is 2. The average molecular weight is 281 g/mol. The third-order valence-corrected chi connectivity index (χ3v) is 4.69. The van der Waals surface area contributed by atoms with Crippen LogP contribution in [0.5, 0.6) is 0 Å². The van der Waals surface area contributed by atoms with Gasteiger partial charge >= 0.3 is 0 Å². The molecule has 1 aliphatic rings. The van der Waals surface area contributed by atoms with Crippen molar-refractivity contribution in [2.75, 3.05) is 11.6 Å². The highest BCUT2D eigenvalue weighted by Crippen LogP contribution is 2.28. The number of pyridine rings is 1. The van der Waals surface area contributed by atoms with Crippen LogP contribution >= 0.6 is 24.0 Å². The van der Waals surface area contributed by atoms with Gasteiger partial charge < -0.3 is 11.1 Å². The van der Waals surface area contributed by atoms with Crippen molar-refractivity contribution in [3.63, 3.8) is 0 Å².